The first-order valence-corrected chi connectivity index (χ1v) is 7.98. The predicted octanol–water partition coefficient (Wildman–Crippen LogP) is 4.17. The summed E-state index contributed by atoms with van der Waals surface area (Å²) in [7, 11) is 0. The normalized spacial score (nSPS) is 13.0. The number of nitrogens with two attached hydrogens (primary N) is 1. The van der Waals surface area contributed by atoms with Crippen LogP contribution in [0, 0.1) is 5.41 Å². The highest BCUT2D eigenvalue weighted by Crippen LogP contribution is 2.28. The van der Waals surface area contributed by atoms with Crippen molar-refractivity contribution in [2.75, 3.05) is 0 Å². The third-order valence-electron chi connectivity index (χ3n) is 4.01. The van der Waals surface area contributed by atoms with Gasteiger partial charge in [0.25, 0.3) is 5.91 Å². The van der Waals surface area contributed by atoms with Gasteiger partial charge in [-0.15, -0.1) is 0 Å². The molecule has 1 amide bonds. The molecule has 1 atom stereocenters. The van der Waals surface area contributed by atoms with Crippen LogP contribution in [0.1, 0.15) is 69.8 Å². The fraction of sp³-hybridized carbons (Fsp3) is 0.611. The first-order chi connectivity index (χ1) is 9.81. The molecule has 0 radical (unpaired) electrons. The van der Waals surface area contributed by atoms with Gasteiger partial charge in [0, 0.05) is 5.56 Å². The van der Waals surface area contributed by atoms with Crippen LogP contribution in [0.4, 0.5) is 0 Å². The molecule has 0 saturated heterocycles. The Morgan fingerprint density at radius 3 is 2.19 bits per heavy atom. The third-order valence-corrected chi connectivity index (χ3v) is 4.01. The Kier molecular flexibility index (Phi) is 6.41. The molecule has 1 rings (SSSR count). The molecule has 1 aromatic rings. The van der Waals surface area contributed by atoms with E-state index < -0.39 is 0 Å². The molecule has 1 unspecified atom stereocenters. The van der Waals surface area contributed by atoms with E-state index in [2.05, 4.69) is 34.6 Å². The van der Waals surface area contributed by atoms with Gasteiger partial charge in [-0.1, -0.05) is 59.6 Å². The zero-order valence-electron chi connectivity index (χ0n) is 14.1. The monoisotopic (exact) mass is 290 g/mol. The number of unbranched alkanes of at least 4 members (excludes halogenated alkanes) is 1. The Morgan fingerprint density at radius 1 is 1.19 bits per heavy atom. The van der Waals surface area contributed by atoms with Gasteiger partial charge in [0.2, 0.25) is 0 Å². The fourth-order valence-corrected chi connectivity index (χ4v) is 2.56. The molecule has 0 aliphatic rings. The van der Waals surface area contributed by atoms with E-state index in [1.165, 1.54) is 10.6 Å². The molecule has 0 aromatic heterocycles. The van der Waals surface area contributed by atoms with Crippen LogP contribution in [0.25, 0.3) is 0 Å². The lowest BCUT2D eigenvalue weighted by Gasteiger charge is -2.37. The maximum absolute atomic E-state index is 12.6. The van der Waals surface area contributed by atoms with Gasteiger partial charge in [0.15, 0.2) is 0 Å². The summed E-state index contributed by atoms with van der Waals surface area (Å²) in [5.74, 6) is 6.09. The van der Waals surface area contributed by atoms with E-state index in [4.69, 9.17) is 5.84 Å². The maximum Gasteiger partial charge on any atom is 0.268 e. The highest BCUT2D eigenvalue weighted by molar-refractivity contribution is 5.94. The van der Waals surface area contributed by atoms with Crippen molar-refractivity contribution < 1.29 is 4.79 Å². The maximum atomic E-state index is 12.6. The minimum absolute atomic E-state index is 0.0249. The van der Waals surface area contributed by atoms with Crippen LogP contribution in [0.15, 0.2) is 24.3 Å². The third kappa shape index (κ3) is 4.85. The van der Waals surface area contributed by atoms with Crippen molar-refractivity contribution in [1.82, 2.24) is 5.01 Å². The number of nitrogens with zero attached hydrogens (tertiary/aromatic N) is 1. The lowest BCUT2D eigenvalue weighted by molar-refractivity contribution is 0.0488. The van der Waals surface area contributed by atoms with Gasteiger partial charge >= 0.3 is 0 Å². The Labute approximate surface area is 129 Å². The van der Waals surface area contributed by atoms with E-state index in [0.717, 1.165) is 25.7 Å². The molecule has 0 aliphatic carbocycles. The smallest absolute Gasteiger partial charge is 0.268 e. The van der Waals surface area contributed by atoms with Gasteiger partial charge in [0.1, 0.15) is 0 Å². The summed E-state index contributed by atoms with van der Waals surface area (Å²) in [6.45, 7) is 10.7. The van der Waals surface area contributed by atoms with Gasteiger partial charge in [-0.3, -0.25) is 9.80 Å². The lowest BCUT2D eigenvalue weighted by atomic mass is 9.83. The Hall–Kier alpha value is -1.35. The summed E-state index contributed by atoms with van der Waals surface area (Å²) in [4.78, 5) is 12.6. The Morgan fingerprint density at radius 2 is 1.76 bits per heavy atom. The van der Waals surface area contributed by atoms with Crippen LogP contribution < -0.4 is 5.84 Å². The minimum atomic E-state index is -0.0892. The number of hydrazine groups is 1. The van der Waals surface area contributed by atoms with Crippen molar-refractivity contribution >= 4 is 5.91 Å². The molecule has 0 spiro atoms. The summed E-state index contributed by atoms with van der Waals surface area (Å²) in [6, 6.07) is 7.80. The first-order valence-electron chi connectivity index (χ1n) is 7.98. The van der Waals surface area contributed by atoms with Crippen LogP contribution in [0.5, 0.6) is 0 Å². The molecule has 0 fully saturated rings. The second-order valence-electron chi connectivity index (χ2n) is 6.79. The van der Waals surface area contributed by atoms with Crippen LogP contribution >= 0.6 is 0 Å². The second-order valence-corrected chi connectivity index (χ2v) is 6.79. The Bertz CT molecular complexity index is 445. The van der Waals surface area contributed by atoms with Crippen molar-refractivity contribution in [1.29, 1.82) is 0 Å². The van der Waals surface area contributed by atoms with E-state index in [9.17, 15) is 4.79 Å². The van der Waals surface area contributed by atoms with Crippen LogP contribution in [-0.2, 0) is 6.42 Å². The average molecular weight is 290 g/mol. The Balaban J connectivity index is 2.90. The highest BCUT2D eigenvalue weighted by Gasteiger charge is 2.31. The van der Waals surface area contributed by atoms with Crippen molar-refractivity contribution in [3.05, 3.63) is 35.4 Å². The molecular formula is C18H30N2O. The van der Waals surface area contributed by atoms with E-state index in [1.54, 1.807) is 0 Å². The quantitative estimate of drug-likeness (QED) is 0.485. The average Bonchev–Trinajstić information content (AvgIpc) is 2.45. The van der Waals surface area contributed by atoms with Gasteiger partial charge in [0.05, 0.1) is 6.04 Å². The zero-order valence-corrected chi connectivity index (χ0v) is 14.1. The standard InChI is InChI=1S/C18H30N2O/c1-6-8-9-16(18(3,4)5)20(19)17(21)15-12-10-14(7-2)11-13-15/h10-13,16H,6-9,19H2,1-5H3. The van der Waals surface area contributed by atoms with Crippen molar-refractivity contribution in [2.24, 2.45) is 11.3 Å². The zero-order chi connectivity index (χ0) is 16.0. The number of hydrogen-bond donors (Lipinski definition) is 1. The molecule has 0 saturated carbocycles. The van der Waals surface area contributed by atoms with Crippen LogP contribution in [-0.4, -0.2) is 17.0 Å². The molecule has 0 heterocycles. The summed E-state index contributed by atoms with van der Waals surface area (Å²) < 4.78 is 0. The van der Waals surface area contributed by atoms with E-state index >= 15 is 0 Å². The summed E-state index contributed by atoms with van der Waals surface area (Å²) in [5, 5.41) is 1.44. The summed E-state index contributed by atoms with van der Waals surface area (Å²) in [6.07, 6.45) is 4.11. The number of hydrogen-bond acceptors (Lipinski definition) is 2. The summed E-state index contributed by atoms with van der Waals surface area (Å²) in [5.41, 5.74) is 1.87. The van der Waals surface area contributed by atoms with Gasteiger partial charge in [-0.05, 0) is 36.0 Å². The van der Waals surface area contributed by atoms with Crippen LogP contribution in [0.3, 0.4) is 0 Å². The number of aryl methyl sites for hydroxylation is 1. The summed E-state index contributed by atoms with van der Waals surface area (Å²) >= 11 is 0. The highest BCUT2D eigenvalue weighted by atomic mass is 16.2. The number of amides is 1. The fourth-order valence-electron chi connectivity index (χ4n) is 2.56. The molecule has 3 heteroatoms. The number of carbonyl (C=O) groups is 1. The van der Waals surface area contributed by atoms with E-state index in [1.807, 2.05) is 24.3 Å². The van der Waals surface area contributed by atoms with Crippen LogP contribution in [0.2, 0.25) is 0 Å². The van der Waals surface area contributed by atoms with Gasteiger partial charge < -0.3 is 0 Å². The topological polar surface area (TPSA) is 46.3 Å². The lowest BCUT2D eigenvalue weighted by Crippen LogP contribution is -2.51. The number of rotatable bonds is 6. The van der Waals surface area contributed by atoms with E-state index in [0.29, 0.717) is 5.56 Å². The molecule has 21 heavy (non-hydrogen) atoms. The van der Waals surface area contributed by atoms with E-state index in [-0.39, 0.29) is 17.4 Å². The number of carbonyl (C=O) groups excluding carboxylic acids is 1. The molecule has 2 N–H and O–H groups in total. The minimum Gasteiger partial charge on any atom is -0.273 e. The van der Waals surface area contributed by atoms with Crippen molar-refractivity contribution in [2.45, 2.75) is 66.3 Å². The molecular weight excluding hydrogens is 260 g/mol. The van der Waals surface area contributed by atoms with Gasteiger partial charge in [-0.2, -0.15) is 0 Å². The molecule has 1 aromatic carbocycles. The predicted molar refractivity (Wildman–Crippen MR) is 88.9 cm³/mol. The van der Waals surface area contributed by atoms with Crippen molar-refractivity contribution in [3.8, 4) is 0 Å². The molecule has 0 bridgehead atoms. The molecule has 3 nitrogen and oxygen atoms in total. The molecule has 0 aliphatic heterocycles. The van der Waals surface area contributed by atoms with Gasteiger partial charge in [-0.25, -0.2) is 5.84 Å². The number of benzene rings is 1. The first kappa shape index (κ1) is 17.7. The molecule has 118 valence electrons. The SMILES string of the molecule is CCCCC(N(N)C(=O)c1ccc(CC)cc1)C(C)(C)C. The largest absolute Gasteiger partial charge is 0.273 e. The second kappa shape index (κ2) is 7.60. The van der Waals surface area contributed by atoms with Crippen molar-refractivity contribution in [3.63, 3.8) is 0 Å².